The summed E-state index contributed by atoms with van der Waals surface area (Å²) in [5, 5.41) is 2.98. The van der Waals surface area contributed by atoms with Gasteiger partial charge >= 0.3 is 0 Å². The number of nitrogens with zero attached hydrogens (tertiary/aromatic N) is 1. The molecule has 0 aromatic carbocycles. The van der Waals surface area contributed by atoms with Crippen molar-refractivity contribution in [3.8, 4) is 0 Å². The first kappa shape index (κ1) is 16.0. The number of nitrogens with one attached hydrogen (secondary N) is 2. The number of aryl methyl sites for hydroxylation is 1. The van der Waals surface area contributed by atoms with Crippen LogP contribution in [0.25, 0.3) is 0 Å². The van der Waals surface area contributed by atoms with Crippen molar-refractivity contribution in [3.63, 3.8) is 0 Å². The van der Waals surface area contributed by atoms with E-state index in [1.54, 1.807) is 6.20 Å². The number of carbonyl (C=O) groups excluding carboxylic acids is 1. The average Bonchev–Trinajstić information content (AvgIpc) is 2.83. The van der Waals surface area contributed by atoms with E-state index in [4.69, 9.17) is 4.74 Å². The molecule has 1 aliphatic heterocycles. The highest BCUT2D eigenvalue weighted by molar-refractivity contribution is 5.95. The highest BCUT2D eigenvalue weighted by atomic mass is 16.5. The predicted molar refractivity (Wildman–Crippen MR) is 83.5 cm³/mol. The number of carbonyl (C=O) groups is 1. The van der Waals surface area contributed by atoms with E-state index in [9.17, 15) is 4.79 Å². The van der Waals surface area contributed by atoms with Crippen molar-refractivity contribution in [1.29, 1.82) is 0 Å². The van der Waals surface area contributed by atoms with Crippen LogP contribution < -0.4 is 5.32 Å². The third-order valence-electron chi connectivity index (χ3n) is 3.88. The van der Waals surface area contributed by atoms with Crippen molar-refractivity contribution in [1.82, 2.24) is 15.2 Å². The topological polar surface area (TPSA) is 57.4 Å². The third-order valence-corrected chi connectivity index (χ3v) is 3.88. The molecule has 1 aromatic heterocycles. The summed E-state index contributed by atoms with van der Waals surface area (Å²) in [7, 11) is 0. The Morgan fingerprint density at radius 2 is 2.10 bits per heavy atom. The molecule has 1 fully saturated rings. The fraction of sp³-hybridized carbons (Fsp3) is 0.688. The number of amides is 1. The summed E-state index contributed by atoms with van der Waals surface area (Å²) in [6.45, 7) is 10.0. The molecule has 1 saturated heterocycles. The Labute approximate surface area is 127 Å². The van der Waals surface area contributed by atoms with Gasteiger partial charge in [-0.05, 0) is 46.2 Å². The van der Waals surface area contributed by atoms with E-state index in [1.165, 1.54) is 0 Å². The SMILES string of the molecule is Cc1[nH]ccc1C(=O)NCCCCN1C[C@@H](C)O[C@H](C)C1. The van der Waals surface area contributed by atoms with Crippen molar-refractivity contribution in [2.45, 2.75) is 45.8 Å². The summed E-state index contributed by atoms with van der Waals surface area (Å²) in [6, 6.07) is 1.82. The number of ether oxygens (including phenoxy) is 1. The first-order valence-corrected chi connectivity index (χ1v) is 7.86. The Bertz CT molecular complexity index is 448. The van der Waals surface area contributed by atoms with Gasteiger partial charge in [0.15, 0.2) is 0 Å². The minimum atomic E-state index is 0.0161. The van der Waals surface area contributed by atoms with Crippen LogP contribution in [0.5, 0.6) is 0 Å². The van der Waals surface area contributed by atoms with Crippen LogP contribution in [-0.4, -0.2) is 54.2 Å². The number of hydrogen-bond acceptors (Lipinski definition) is 3. The second-order valence-corrected chi connectivity index (χ2v) is 6.00. The fourth-order valence-corrected chi connectivity index (χ4v) is 2.92. The molecule has 1 aliphatic rings. The Morgan fingerprint density at radius 1 is 1.38 bits per heavy atom. The van der Waals surface area contributed by atoms with E-state index in [0.29, 0.717) is 12.2 Å². The molecule has 0 unspecified atom stereocenters. The van der Waals surface area contributed by atoms with Gasteiger partial charge < -0.3 is 15.0 Å². The quantitative estimate of drug-likeness (QED) is 0.788. The summed E-state index contributed by atoms with van der Waals surface area (Å²) < 4.78 is 5.73. The Balaban J connectivity index is 1.60. The van der Waals surface area contributed by atoms with Crippen LogP contribution >= 0.6 is 0 Å². The smallest absolute Gasteiger partial charge is 0.253 e. The van der Waals surface area contributed by atoms with Crippen LogP contribution in [0.4, 0.5) is 0 Å². The minimum Gasteiger partial charge on any atom is -0.373 e. The molecule has 118 valence electrons. The lowest BCUT2D eigenvalue weighted by molar-refractivity contribution is -0.0681. The molecule has 1 amide bonds. The molecule has 2 rings (SSSR count). The van der Waals surface area contributed by atoms with Crippen molar-refractivity contribution in [2.24, 2.45) is 0 Å². The van der Waals surface area contributed by atoms with Gasteiger partial charge in [-0.25, -0.2) is 0 Å². The molecule has 0 radical (unpaired) electrons. The summed E-state index contributed by atoms with van der Waals surface area (Å²) in [4.78, 5) is 17.4. The summed E-state index contributed by atoms with van der Waals surface area (Å²) in [5.41, 5.74) is 1.66. The number of morpholine rings is 1. The lowest BCUT2D eigenvalue weighted by atomic mass is 10.2. The zero-order valence-electron chi connectivity index (χ0n) is 13.3. The average molecular weight is 293 g/mol. The molecule has 0 bridgehead atoms. The van der Waals surface area contributed by atoms with Crippen molar-refractivity contribution in [3.05, 3.63) is 23.5 Å². The normalized spacial score (nSPS) is 23.2. The molecule has 5 heteroatoms. The van der Waals surface area contributed by atoms with E-state index in [1.807, 2.05) is 13.0 Å². The second kappa shape index (κ2) is 7.61. The van der Waals surface area contributed by atoms with Crippen LogP contribution in [0.2, 0.25) is 0 Å². The number of hydrogen-bond donors (Lipinski definition) is 2. The van der Waals surface area contributed by atoms with Gasteiger partial charge in [0.1, 0.15) is 0 Å². The lowest BCUT2D eigenvalue weighted by Gasteiger charge is -2.35. The molecule has 2 N–H and O–H groups in total. The van der Waals surface area contributed by atoms with Crippen LogP contribution in [0.3, 0.4) is 0 Å². The van der Waals surface area contributed by atoms with Crippen LogP contribution in [0, 0.1) is 6.92 Å². The van der Waals surface area contributed by atoms with Crippen molar-refractivity contribution in [2.75, 3.05) is 26.2 Å². The highest BCUT2D eigenvalue weighted by Gasteiger charge is 2.21. The number of aromatic amines is 1. The molecule has 5 nitrogen and oxygen atoms in total. The van der Waals surface area contributed by atoms with Crippen LogP contribution in [0.1, 0.15) is 42.7 Å². The molecule has 21 heavy (non-hydrogen) atoms. The summed E-state index contributed by atoms with van der Waals surface area (Å²) in [6.07, 6.45) is 4.56. The zero-order chi connectivity index (χ0) is 15.2. The number of unbranched alkanes of at least 4 members (excludes halogenated alkanes) is 1. The predicted octanol–water partition coefficient (Wildman–Crippen LogP) is 1.94. The molecule has 0 saturated carbocycles. The first-order valence-electron chi connectivity index (χ1n) is 7.86. The van der Waals surface area contributed by atoms with Crippen molar-refractivity contribution >= 4 is 5.91 Å². The van der Waals surface area contributed by atoms with Gasteiger partial charge in [0.2, 0.25) is 0 Å². The fourth-order valence-electron chi connectivity index (χ4n) is 2.92. The van der Waals surface area contributed by atoms with E-state index in [-0.39, 0.29) is 5.91 Å². The standard InChI is InChI=1S/C16H27N3O2/c1-12-10-19(11-13(2)21-12)9-5-4-7-18-16(20)15-6-8-17-14(15)3/h6,8,12-13,17H,4-5,7,9-11H2,1-3H3,(H,18,20)/t12-,13-/m1/s1. The van der Waals surface area contributed by atoms with Crippen LogP contribution in [0.15, 0.2) is 12.3 Å². The van der Waals surface area contributed by atoms with Gasteiger partial charge in [0, 0.05) is 31.5 Å². The van der Waals surface area contributed by atoms with E-state index < -0.39 is 0 Å². The van der Waals surface area contributed by atoms with Gasteiger partial charge in [0.25, 0.3) is 5.91 Å². The number of rotatable bonds is 6. The molecular formula is C16H27N3O2. The monoisotopic (exact) mass is 293 g/mol. The maximum absolute atomic E-state index is 11.9. The van der Waals surface area contributed by atoms with Crippen LogP contribution in [-0.2, 0) is 4.74 Å². The largest absolute Gasteiger partial charge is 0.373 e. The Hall–Kier alpha value is -1.33. The molecule has 0 aliphatic carbocycles. The zero-order valence-corrected chi connectivity index (χ0v) is 13.3. The van der Waals surface area contributed by atoms with E-state index in [2.05, 4.69) is 29.0 Å². The molecule has 2 heterocycles. The van der Waals surface area contributed by atoms with Gasteiger partial charge in [-0.3, -0.25) is 9.69 Å². The number of H-pyrrole nitrogens is 1. The van der Waals surface area contributed by atoms with E-state index >= 15 is 0 Å². The second-order valence-electron chi connectivity index (χ2n) is 6.00. The summed E-state index contributed by atoms with van der Waals surface area (Å²) >= 11 is 0. The maximum Gasteiger partial charge on any atom is 0.253 e. The Kier molecular flexibility index (Phi) is 5.82. The number of aromatic nitrogens is 1. The van der Waals surface area contributed by atoms with Gasteiger partial charge in [-0.2, -0.15) is 0 Å². The summed E-state index contributed by atoms with van der Waals surface area (Å²) in [5.74, 6) is 0.0161. The maximum atomic E-state index is 11.9. The lowest BCUT2D eigenvalue weighted by Crippen LogP contribution is -2.45. The van der Waals surface area contributed by atoms with Gasteiger partial charge in [-0.1, -0.05) is 0 Å². The Morgan fingerprint density at radius 3 is 2.71 bits per heavy atom. The molecule has 1 aromatic rings. The van der Waals surface area contributed by atoms with Gasteiger partial charge in [0.05, 0.1) is 17.8 Å². The first-order chi connectivity index (χ1) is 10.1. The minimum absolute atomic E-state index is 0.0161. The highest BCUT2D eigenvalue weighted by Crippen LogP contribution is 2.11. The molecule has 0 spiro atoms. The molecule has 2 atom stereocenters. The van der Waals surface area contributed by atoms with Gasteiger partial charge in [-0.15, -0.1) is 0 Å². The molecular weight excluding hydrogens is 266 g/mol. The third kappa shape index (κ3) is 4.86. The van der Waals surface area contributed by atoms with Crippen molar-refractivity contribution < 1.29 is 9.53 Å². The van der Waals surface area contributed by atoms with E-state index in [0.717, 1.165) is 50.3 Å².